The highest BCUT2D eigenvalue weighted by Crippen LogP contribution is 2.23. The van der Waals surface area contributed by atoms with Crippen LogP contribution in [0.3, 0.4) is 0 Å². The Bertz CT molecular complexity index is 422. The number of pyridine rings is 1. The average molecular weight is 292 g/mol. The Balaban J connectivity index is 2.73. The summed E-state index contributed by atoms with van der Waals surface area (Å²) in [6, 6.07) is 3.92. The number of nitrogens with two attached hydrogens (primary N) is 1. The number of amides is 1. The summed E-state index contributed by atoms with van der Waals surface area (Å²) in [6.07, 6.45) is 4.37. The van der Waals surface area contributed by atoms with E-state index in [2.05, 4.69) is 31.1 Å². The molecule has 1 rings (SSSR count). The molecule has 0 aliphatic carbocycles. The van der Waals surface area contributed by atoms with Crippen LogP contribution in [0.4, 0.5) is 0 Å². The summed E-state index contributed by atoms with van der Waals surface area (Å²) in [6.45, 7) is 7.26. The lowest BCUT2D eigenvalue weighted by Crippen LogP contribution is -2.44. The fourth-order valence-electron chi connectivity index (χ4n) is 2.31. The van der Waals surface area contributed by atoms with E-state index in [1.54, 1.807) is 12.4 Å². The molecule has 21 heavy (non-hydrogen) atoms. The van der Waals surface area contributed by atoms with Gasteiger partial charge >= 0.3 is 0 Å². The topological polar surface area (TPSA) is 71.2 Å². The number of hydrogen-bond acceptors (Lipinski definition) is 4. The largest absolute Gasteiger partial charge is 0.355 e. The maximum absolute atomic E-state index is 12.0. The predicted molar refractivity (Wildman–Crippen MR) is 85.7 cm³/mol. The van der Waals surface area contributed by atoms with Crippen molar-refractivity contribution in [3.63, 3.8) is 0 Å². The van der Waals surface area contributed by atoms with Crippen molar-refractivity contribution in [2.45, 2.75) is 39.3 Å². The molecule has 0 spiro atoms. The molecule has 5 nitrogen and oxygen atoms in total. The molecular weight excluding hydrogens is 264 g/mol. The SMILES string of the molecule is CCC(N)C(c1ccncc1)N(C)CC(=O)NCC(C)C. The molecule has 0 radical (unpaired) electrons. The van der Waals surface area contributed by atoms with Gasteiger partial charge < -0.3 is 11.1 Å². The Morgan fingerprint density at radius 3 is 2.52 bits per heavy atom. The fraction of sp³-hybridized carbons (Fsp3) is 0.625. The van der Waals surface area contributed by atoms with Crippen LogP contribution in [-0.4, -0.2) is 42.0 Å². The Kier molecular flexibility index (Phi) is 7.32. The monoisotopic (exact) mass is 292 g/mol. The maximum Gasteiger partial charge on any atom is 0.234 e. The van der Waals surface area contributed by atoms with E-state index < -0.39 is 0 Å². The summed E-state index contributed by atoms with van der Waals surface area (Å²) in [4.78, 5) is 18.1. The summed E-state index contributed by atoms with van der Waals surface area (Å²) in [7, 11) is 1.94. The van der Waals surface area contributed by atoms with Crippen LogP contribution in [0.15, 0.2) is 24.5 Å². The van der Waals surface area contributed by atoms with Crippen LogP contribution < -0.4 is 11.1 Å². The smallest absolute Gasteiger partial charge is 0.234 e. The fourth-order valence-corrected chi connectivity index (χ4v) is 2.31. The first-order chi connectivity index (χ1) is 9.95. The molecule has 118 valence electrons. The third kappa shape index (κ3) is 5.81. The van der Waals surface area contributed by atoms with Gasteiger partial charge in [-0.05, 0) is 37.1 Å². The Hall–Kier alpha value is -1.46. The zero-order valence-electron chi connectivity index (χ0n) is 13.5. The third-order valence-corrected chi connectivity index (χ3v) is 3.50. The van der Waals surface area contributed by atoms with Crippen LogP contribution in [0.1, 0.15) is 38.8 Å². The van der Waals surface area contributed by atoms with Crippen molar-refractivity contribution >= 4 is 5.91 Å². The van der Waals surface area contributed by atoms with Crippen molar-refractivity contribution in [3.8, 4) is 0 Å². The molecule has 0 fully saturated rings. The lowest BCUT2D eigenvalue weighted by atomic mass is 9.97. The highest BCUT2D eigenvalue weighted by Gasteiger charge is 2.24. The minimum Gasteiger partial charge on any atom is -0.355 e. The van der Waals surface area contributed by atoms with Gasteiger partial charge in [-0.2, -0.15) is 0 Å². The molecule has 5 heteroatoms. The van der Waals surface area contributed by atoms with E-state index >= 15 is 0 Å². The van der Waals surface area contributed by atoms with Crippen molar-refractivity contribution in [2.75, 3.05) is 20.1 Å². The lowest BCUT2D eigenvalue weighted by Gasteiger charge is -2.32. The first-order valence-corrected chi connectivity index (χ1v) is 7.58. The number of aromatic nitrogens is 1. The minimum atomic E-state index is -0.0182. The number of likely N-dealkylation sites (N-methyl/N-ethyl adjacent to an activating group) is 1. The van der Waals surface area contributed by atoms with E-state index in [-0.39, 0.29) is 18.0 Å². The van der Waals surface area contributed by atoms with Crippen molar-refractivity contribution in [3.05, 3.63) is 30.1 Å². The van der Waals surface area contributed by atoms with Gasteiger partial charge in [0.25, 0.3) is 0 Å². The number of nitrogens with zero attached hydrogens (tertiary/aromatic N) is 2. The summed E-state index contributed by atoms with van der Waals surface area (Å²) >= 11 is 0. The van der Waals surface area contributed by atoms with Gasteiger partial charge in [-0.1, -0.05) is 20.8 Å². The zero-order valence-corrected chi connectivity index (χ0v) is 13.5. The molecule has 1 aromatic heterocycles. The normalized spacial score (nSPS) is 14.2. The minimum absolute atomic E-state index is 0.0165. The Morgan fingerprint density at radius 1 is 1.38 bits per heavy atom. The van der Waals surface area contributed by atoms with Gasteiger partial charge in [0.15, 0.2) is 0 Å². The van der Waals surface area contributed by atoms with Crippen LogP contribution >= 0.6 is 0 Å². The summed E-state index contributed by atoms with van der Waals surface area (Å²) < 4.78 is 0. The van der Waals surface area contributed by atoms with Gasteiger partial charge in [0.1, 0.15) is 0 Å². The molecule has 2 unspecified atom stereocenters. The van der Waals surface area contributed by atoms with E-state index in [4.69, 9.17) is 5.73 Å². The van der Waals surface area contributed by atoms with Crippen molar-refractivity contribution in [1.82, 2.24) is 15.2 Å². The molecule has 1 heterocycles. The van der Waals surface area contributed by atoms with Gasteiger partial charge in [0.05, 0.1) is 12.6 Å². The summed E-state index contributed by atoms with van der Waals surface area (Å²) in [5, 5.41) is 2.94. The molecule has 0 aromatic carbocycles. The first-order valence-electron chi connectivity index (χ1n) is 7.58. The summed E-state index contributed by atoms with van der Waals surface area (Å²) in [5.74, 6) is 0.488. The van der Waals surface area contributed by atoms with Gasteiger partial charge in [-0.3, -0.25) is 14.7 Å². The second-order valence-corrected chi connectivity index (χ2v) is 5.91. The zero-order chi connectivity index (χ0) is 15.8. The lowest BCUT2D eigenvalue weighted by molar-refractivity contribution is -0.122. The number of rotatable bonds is 8. The molecular formula is C16H28N4O. The van der Waals surface area contributed by atoms with E-state index in [1.807, 2.05) is 24.1 Å². The van der Waals surface area contributed by atoms with Crippen LogP contribution in [0.25, 0.3) is 0 Å². The van der Waals surface area contributed by atoms with Gasteiger partial charge in [0.2, 0.25) is 5.91 Å². The average Bonchev–Trinajstić information content (AvgIpc) is 2.46. The van der Waals surface area contributed by atoms with Gasteiger partial charge in [0, 0.05) is 25.0 Å². The molecule has 3 N–H and O–H groups in total. The van der Waals surface area contributed by atoms with Gasteiger partial charge in [-0.15, -0.1) is 0 Å². The maximum atomic E-state index is 12.0. The molecule has 0 aliphatic rings. The third-order valence-electron chi connectivity index (χ3n) is 3.50. The van der Waals surface area contributed by atoms with E-state index in [1.165, 1.54) is 0 Å². The van der Waals surface area contributed by atoms with E-state index in [0.717, 1.165) is 12.0 Å². The molecule has 0 aliphatic heterocycles. The van der Waals surface area contributed by atoms with Crippen molar-refractivity contribution in [1.29, 1.82) is 0 Å². The predicted octanol–water partition coefficient (Wildman–Crippen LogP) is 1.56. The van der Waals surface area contributed by atoms with E-state index in [0.29, 0.717) is 19.0 Å². The molecule has 1 aromatic rings. The molecule has 2 atom stereocenters. The standard InChI is InChI=1S/C16H28N4O/c1-5-14(17)16(13-6-8-18-9-7-13)20(4)11-15(21)19-10-12(2)3/h6-9,12,14,16H,5,10-11,17H2,1-4H3,(H,19,21). The quantitative estimate of drug-likeness (QED) is 0.763. The van der Waals surface area contributed by atoms with Gasteiger partial charge in [-0.25, -0.2) is 0 Å². The molecule has 0 saturated carbocycles. The summed E-state index contributed by atoms with van der Waals surface area (Å²) in [5.41, 5.74) is 7.35. The van der Waals surface area contributed by atoms with Crippen LogP contribution in [0, 0.1) is 5.92 Å². The van der Waals surface area contributed by atoms with Crippen LogP contribution in [0.5, 0.6) is 0 Å². The highest BCUT2D eigenvalue weighted by atomic mass is 16.2. The molecule has 1 amide bonds. The van der Waals surface area contributed by atoms with Crippen LogP contribution in [-0.2, 0) is 4.79 Å². The molecule has 0 saturated heterocycles. The number of nitrogens with one attached hydrogen (secondary N) is 1. The van der Waals surface area contributed by atoms with E-state index in [9.17, 15) is 4.79 Å². The van der Waals surface area contributed by atoms with Crippen LogP contribution in [0.2, 0.25) is 0 Å². The molecule has 0 bridgehead atoms. The highest BCUT2D eigenvalue weighted by molar-refractivity contribution is 5.78. The van der Waals surface area contributed by atoms with Crippen molar-refractivity contribution < 1.29 is 4.79 Å². The number of carbonyl (C=O) groups excluding carboxylic acids is 1. The number of hydrogen-bond donors (Lipinski definition) is 2. The Morgan fingerprint density at radius 2 is 2.00 bits per heavy atom. The number of carbonyl (C=O) groups is 1. The first kappa shape index (κ1) is 17.6. The Labute approximate surface area is 127 Å². The second kappa shape index (κ2) is 8.74. The van der Waals surface area contributed by atoms with Crippen molar-refractivity contribution in [2.24, 2.45) is 11.7 Å². The second-order valence-electron chi connectivity index (χ2n) is 5.91.